The van der Waals surface area contributed by atoms with Crippen molar-refractivity contribution in [3.8, 4) is 0 Å². The van der Waals surface area contributed by atoms with Crippen LogP contribution in [-0.4, -0.2) is 39.8 Å². The molecular formula is C10H17N3O2. The summed E-state index contributed by atoms with van der Waals surface area (Å²) >= 11 is 0. The van der Waals surface area contributed by atoms with Gasteiger partial charge in [-0.05, 0) is 31.8 Å². The van der Waals surface area contributed by atoms with E-state index in [4.69, 9.17) is 9.63 Å². The second kappa shape index (κ2) is 4.72. The number of aliphatic hydroxyl groups excluding tert-OH is 1. The summed E-state index contributed by atoms with van der Waals surface area (Å²) in [7, 11) is 0. The summed E-state index contributed by atoms with van der Waals surface area (Å²) in [5.74, 6) is 1.86. The Labute approximate surface area is 89.1 Å². The van der Waals surface area contributed by atoms with Crippen LogP contribution in [-0.2, 0) is 6.54 Å². The Morgan fingerprint density at radius 1 is 1.47 bits per heavy atom. The molecule has 0 atom stereocenters. The van der Waals surface area contributed by atoms with Crippen LogP contribution < -0.4 is 0 Å². The lowest BCUT2D eigenvalue weighted by molar-refractivity contribution is 0.125. The van der Waals surface area contributed by atoms with Crippen molar-refractivity contribution in [3.63, 3.8) is 0 Å². The number of aliphatic hydroxyl groups is 1. The van der Waals surface area contributed by atoms with Crippen LogP contribution in [0.3, 0.4) is 0 Å². The number of aromatic nitrogens is 2. The minimum Gasteiger partial charge on any atom is -0.396 e. The van der Waals surface area contributed by atoms with Gasteiger partial charge in [-0.1, -0.05) is 5.16 Å². The monoisotopic (exact) mass is 211 g/mol. The predicted octanol–water partition coefficient (Wildman–Crippen LogP) is 0.582. The second-order valence-electron chi connectivity index (χ2n) is 4.13. The minimum absolute atomic E-state index is 0.315. The van der Waals surface area contributed by atoms with Gasteiger partial charge in [-0.15, -0.1) is 0 Å². The molecule has 0 unspecified atom stereocenters. The fourth-order valence-electron chi connectivity index (χ4n) is 1.93. The van der Waals surface area contributed by atoms with E-state index < -0.39 is 0 Å². The van der Waals surface area contributed by atoms with Gasteiger partial charge in [0.15, 0.2) is 5.82 Å². The van der Waals surface area contributed by atoms with E-state index in [9.17, 15) is 0 Å². The first-order valence-electron chi connectivity index (χ1n) is 5.40. The lowest BCUT2D eigenvalue weighted by Gasteiger charge is -2.29. The molecule has 0 saturated carbocycles. The molecule has 2 rings (SSSR count). The molecule has 5 heteroatoms. The van der Waals surface area contributed by atoms with E-state index >= 15 is 0 Å². The van der Waals surface area contributed by atoms with Crippen LogP contribution in [0.25, 0.3) is 0 Å². The maximum absolute atomic E-state index is 9.01. The summed E-state index contributed by atoms with van der Waals surface area (Å²) in [5.41, 5.74) is 0. The fraction of sp³-hybridized carbons (Fsp3) is 0.800. The molecule has 1 aliphatic rings. The van der Waals surface area contributed by atoms with Crippen molar-refractivity contribution in [1.82, 2.24) is 15.0 Å². The van der Waals surface area contributed by atoms with E-state index in [0.717, 1.165) is 38.3 Å². The Kier molecular flexibility index (Phi) is 3.33. The van der Waals surface area contributed by atoms with Gasteiger partial charge in [0.1, 0.15) is 0 Å². The molecule has 0 aromatic carbocycles. The lowest BCUT2D eigenvalue weighted by atomic mass is 9.98. The molecule has 0 spiro atoms. The van der Waals surface area contributed by atoms with Crippen molar-refractivity contribution in [2.45, 2.75) is 26.3 Å². The molecule has 0 amide bonds. The maximum Gasteiger partial charge on any atom is 0.223 e. The van der Waals surface area contributed by atoms with E-state index in [-0.39, 0.29) is 0 Å². The van der Waals surface area contributed by atoms with Crippen molar-refractivity contribution in [2.75, 3.05) is 19.7 Å². The second-order valence-corrected chi connectivity index (χ2v) is 4.13. The van der Waals surface area contributed by atoms with E-state index in [0.29, 0.717) is 18.4 Å². The molecule has 1 aliphatic heterocycles. The van der Waals surface area contributed by atoms with E-state index in [1.807, 2.05) is 0 Å². The van der Waals surface area contributed by atoms with E-state index in [1.165, 1.54) is 0 Å². The lowest BCUT2D eigenvalue weighted by Crippen LogP contribution is -2.34. The normalized spacial score (nSPS) is 19.6. The molecule has 84 valence electrons. The summed E-state index contributed by atoms with van der Waals surface area (Å²) in [6.45, 7) is 4.90. The van der Waals surface area contributed by atoms with Gasteiger partial charge >= 0.3 is 0 Å². The molecule has 5 nitrogen and oxygen atoms in total. The van der Waals surface area contributed by atoms with Crippen LogP contribution in [0.2, 0.25) is 0 Å². The van der Waals surface area contributed by atoms with Crippen molar-refractivity contribution in [1.29, 1.82) is 0 Å². The van der Waals surface area contributed by atoms with E-state index in [1.54, 1.807) is 6.92 Å². The number of piperidine rings is 1. The van der Waals surface area contributed by atoms with Gasteiger partial charge in [-0.2, -0.15) is 4.98 Å². The first-order chi connectivity index (χ1) is 7.28. The number of likely N-dealkylation sites (tertiary alicyclic amines) is 1. The van der Waals surface area contributed by atoms with Crippen molar-refractivity contribution in [2.24, 2.45) is 5.92 Å². The van der Waals surface area contributed by atoms with Gasteiger partial charge in [0.05, 0.1) is 6.54 Å². The van der Waals surface area contributed by atoms with Gasteiger partial charge < -0.3 is 9.63 Å². The Balaban J connectivity index is 1.82. The Morgan fingerprint density at radius 3 is 2.73 bits per heavy atom. The molecule has 2 heterocycles. The summed E-state index contributed by atoms with van der Waals surface area (Å²) in [6, 6.07) is 0. The zero-order valence-corrected chi connectivity index (χ0v) is 9.02. The topological polar surface area (TPSA) is 62.4 Å². The van der Waals surface area contributed by atoms with Crippen LogP contribution in [0.1, 0.15) is 24.6 Å². The highest BCUT2D eigenvalue weighted by Crippen LogP contribution is 2.17. The summed E-state index contributed by atoms with van der Waals surface area (Å²) in [6.07, 6.45) is 2.13. The predicted molar refractivity (Wildman–Crippen MR) is 54.1 cm³/mol. The third kappa shape index (κ3) is 2.76. The summed E-state index contributed by atoms with van der Waals surface area (Å²) in [5, 5.41) is 12.9. The number of nitrogens with zero attached hydrogens (tertiary/aromatic N) is 3. The van der Waals surface area contributed by atoms with Crippen LogP contribution in [0.15, 0.2) is 4.52 Å². The van der Waals surface area contributed by atoms with Gasteiger partial charge in [0, 0.05) is 13.5 Å². The molecule has 15 heavy (non-hydrogen) atoms. The third-order valence-corrected chi connectivity index (χ3v) is 2.90. The quantitative estimate of drug-likeness (QED) is 0.792. The Hall–Kier alpha value is -0.940. The van der Waals surface area contributed by atoms with Gasteiger partial charge in [-0.3, -0.25) is 4.90 Å². The molecule has 1 aromatic rings. The highest BCUT2D eigenvalue weighted by atomic mass is 16.5. The van der Waals surface area contributed by atoms with Gasteiger partial charge in [0.2, 0.25) is 5.89 Å². The standard InChI is InChI=1S/C10H17N3O2/c1-8-11-10(12-15-8)6-13-4-2-9(7-14)3-5-13/h9,14H,2-7H2,1H3. The average molecular weight is 211 g/mol. The third-order valence-electron chi connectivity index (χ3n) is 2.90. The number of hydrogen-bond donors (Lipinski definition) is 1. The zero-order chi connectivity index (χ0) is 10.7. The van der Waals surface area contributed by atoms with Crippen LogP contribution in [0.4, 0.5) is 0 Å². The maximum atomic E-state index is 9.01. The van der Waals surface area contributed by atoms with Gasteiger partial charge in [-0.25, -0.2) is 0 Å². The Morgan fingerprint density at radius 2 is 2.20 bits per heavy atom. The minimum atomic E-state index is 0.315. The summed E-state index contributed by atoms with van der Waals surface area (Å²) in [4.78, 5) is 6.48. The molecule has 1 aromatic heterocycles. The van der Waals surface area contributed by atoms with Crippen LogP contribution >= 0.6 is 0 Å². The first kappa shape index (κ1) is 10.6. The molecule has 0 bridgehead atoms. The highest BCUT2D eigenvalue weighted by molar-refractivity contribution is 4.85. The summed E-state index contributed by atoms with van der Waals surface area (Å²) < 4.78 is 4.92. The molecule has 0 aliphatic carbocycles. The zero-order valence-electron chi connectivity index (χ0n) is 9.02. The molecule has 1 saturated heterocycles. The SMILES string of the molecule is Cc1nc(CN2CCC(CO)CC2)no1. The first-order valence-corrected chi connectivity index (χ1v) is 5.40. The molecule has 1 fully saturated rings. The number of hydrogen-bond acceptors (Lipinski definition) is 5. The Bertz CT molecular complexity index is 305. The number of aryl methyl sites for hydroxylation is 1. The largest absolute Gasteiger partial charge is 0.396 e. The highest BCUT2D eigenvalue weighted by Gasteiger charge is 2.19. The van der Waals surface area contributed by atoms with Crippen LogP contribution in [0.5, 0.6) is 0 Å². The molecule has 0 radical (unpaired) electrons. The number of rotatable bonds is 3. The smallest absolute Gasteiger partial charge is 0.223 e. The average Bonchev–Trinajstić information content (AvgIpc) is 2.65. The van der Waals surface area contributed by atoms with Crippen LogP contribution in [0, 0.1) is 12.8 Å². The van der Waals surface area contributed by atoms with Gasteiger partial charge in [0.25, 0.3) is 0 Å². The fourth-order valence-corrected chi connectivity index (χ4v) is 1.93. The molecule has 1 N–H and O–H groups in total. The van der Waals surface area contributed by atoms with Crippen molar-refractivity contribution >= 4 is 0 Å². The van der Waals surface area contributed by atoms with Crippen molar-refractivity contribution in [3.05, 3.63) is 11.7 Å². The van der Waals surface area contributed by atoms with E-state index in [2.05, 4.69) is 15.0 Å². The molecular weight excluding hydrogens is 194 g/mol. The van der Waals surface area contributed by atoms with Crippen molar-refractivity contribution < 1.29 is 9.63 Å².